The Hall–Kier alpha value is -1.59. The van der Waals surface area contributed by atoms with E-state index in [1.165, 1.54) is 11.1 Å². The maximum Gasteiger partial charge on any atom is 0.173 e. The van der Waals surface area contributed by atoms with Gasteiger partial charge in [-0.25, -0.2) is 0 Å². The van der Waals surface area contributed by atoms with E-state index in [9.17, 15) is 0 Å². The summed E-state index contributed by atoms with van der Waals surface area (Å²) in [6.07, 6.45) is 0. The van der Waals surface area contributed by atoms with Crippen LogP contribution in [0.5, 0.6) is 5.75 Å². The number of nitrogens with one attached hydrogen (secondary N) is 1. The third-order valence-electron chi connectivity index (χ3n) is 3.47. The molecule has 0 aromatic heterocycles. The van der Waals surface area contributed by atoms with Crippen LogP contribution in [0.2, 0.25) is 0 Å². The van der Waals surface area contributed by atoms with E-state index in [-0.39, 0.29) is 0 Å². The number of aryl methyl sites for hydroxylation is 2. The molecule has 2 aromatic carbocycles. The highest BCUT2D eigenvalue weighted by Gasteiger charge is 2.10. The van der Waals surface area contributed by atoms with E-state index in [2.05, 4.69) is 59.4 Å². The lowest BCUT2D eigenvalue weighted by Gasteiger charge is -2.22. The van der Waals surface area contributed by atoms with Crippen molar-refractivity contribution >= 4 is 38.9 Å². The fourth-order valence-electron chi connectivity index (χ4n) is 2.46. The average molecular weight is 393 g/mol. The summed E-state index contributed by atoms with van der Waals surface area (Å²) in [5, 5.41) is 3.98. The second kappa shape index (κ2) is 7.79. The summed E-state index contributed by atoms with van der Waals surface area (Å²) in [5.41, 5.74) is 4.52. The zero-order valence-electron chi connectivity index (χ0n) is 13.8. The summed E-state index contributed by atoms with van der Waals surface area (Å²) >= 11 is 9.02. The van der Waals surface area contributed by atoms with Crippen LogP contribution in [0.15, 0.2) is 40.9 Å². The van der Waals surface area contributed by atoms with Gasteiger partial charge in [0.2, 0.25) is 0 Å². The molecule has 0 fully saturated rings. The van der Waals surface area contributed by atoms with Crippen molar-refractivity contribution in [1.29, 1.82) is 0 Å². The summed E-state index contributed by atoms with van der Waals surface area (Å²) in [7, 11) is 3.65. The molecule has 23 heavy (non-hydrogen) atoms. The molecule has 5 heteroatoms. The predicted molar refractivity (Wildman–Crippen MR) is 104 cm³/mol. The SMILES string of the molecule is COc1ccc(Br)cc1CN(C)C(=S)Nc1cc(C)cc(C)c1. The molecule has 2 aromatic rings. The topological polar surface area (TPSA) is 24.5 Å². The average Bonchev–Trinajstić information content (AvgIpc) is 2.46. The zero-order chi connectivity index (χ0) is 17.0. The van der Waals surface area contributed by atoms with Crippen LogP contribution in [-0.2, 0) is 6.54 Å². The third kappa shape index (κ3) is 4.94. The first-order valence-electron chi connectivity index (χ1n) is 7.32. The smallest absolute Gasteiger partial charge is 0.173 e. The predicted octanol–water partition coefficient (Wildman–Crippen LogP) is 4.90. The van der Waals surface area contributed by atoms with Gasteiger partial charge in [-0.2, -0.15) is 0 Å². The van der Waals surface area contributed by atoms with Gasteiger partial charge in [0.25, 0.3) is 0 Å². The number of hydrogen-bond donors (Lipinski definition) is 1. The van der Waals surface area contributed by atoms with Crippen LogP contribution in [0.4, 0.5) is 5.69 Å². The molecule has 0 unspecified atom stereocenters. The summed E-state index contributed by atoms with van der Waals surface area (Å²) in [4.78, 5) is 2.00. The number of ether oxygens (including phenoxy) is 1. The standard InChI is InChI=1S/C18H21BrN2OS/c1-12-7-13(2)9-16(8-12)20-18(23)21(3)11-14-10-15(19)5-6-17(14)22-4/h5-10H,11H2,1-4H3,(H,20,23). The number of benzene rings is 2. The normalized spacial score (nSPS) is 10.3. The van der Waals surface area contributed by atoms with Crippen molar-refractivity contribution < 1.29 is 4.74 Å². The third-order valence-corrected chi connectivity index (χ3v) is 4.38. The van der Waals surface area contributed by atoms with Crippen molar-refractivity contribution in [2.75, 3.05) is 19.5 Å². The lowest BCUT2D eigenvalue weighted by molar-refractivity contribution is 0.399. The number of nitrogens with zero attached hydrogens (tertiary/aromatic N) is 1. The van der Waals surface area contributed by atoms with Crippen LogP contribution in [0.25, 0.3) is 0 Å². The van der Waals surface area contributed by atoms with Gasteiger partial charge in [0.15, 0.2) is 5.11 Å². The molecule has 0 aliphatic carbocycles. The van der Waals surface area contributed by atoms with E-state index in [1.54, 1.807) is 7.11 Å². The van der Waals surface area contributed by atoms with Gasteiger partial charge in [0.05, 0.1) is 7.11 Å². The molecule has 0 heterocycles. The van der Waals surface area contributed by atoms with E-state index < -0.39 is 0 Å². The Labute approximate surface area is 151 Å². The van der Waals surface area contributed by atoms with Gasteiger partial charge in [-0.3, -0.25) is 0 Å². The van der Waals surface area contributed by atoms with Gasteiger partial charge in [-0.15, -0.1) is 0 Å². The Kier molecular flexibility index (Phi) is 6.02. The molecular formula is C18H21BrN2OS. The van der Waals surface area contributed by atoms with E-state index in [1.807, 2.05) is 24.1 Å². The molecule has 0 bridgehead atoms. The molecule has 0 atom stereocenters. The van der Waals surface area contributed by atoms with Crippen LogP contribution in [0.1, 0.15) is 16.7 Å². The monoisotopic (exact) mass is 392 g/mol. The van der Waals surface area contributed by atoms with Crippen LogP contribution in [-0.4, -0.2) is 24.2 Å². The fourth-order valence-corrected chi connectivity index (χ4v) is 3.05. The Morgan fingerprint density at radius 1 is 1.17 bits per heavy atom. The van der Waals surface area contributed by atoms with E-state index >= 15 is 0 Å². The summed E-state index contributed by atoms with van der Waals surface area (Å²) in [5.74, 6) is 0.856. The lowest BCUT2D eigenvalue weighted by Crippen LogP contribution is -2.30. The molecule has 0 saturated carbocycles. The molecule has 0 spiro atoms. The zero-order valence-corrected chi connectivity index (χ0v) is 16.2. The Morgan fingerprint density at radius 2 is 1.83 bits per heavy atom. The first-order chi connectivity index (χ1) is 10.9. The second-order valence-corrected chi connectivity index (χ2v) is 6.92. The van der Waals surface area contributed by atoms with Crippen LogP contribution >= 0.6 is 28.1 Å². The summed E-state index contributed by atoms with van der Waals surface area (Å²) in [6.45, 7) is 4.83. The van der Waals surface area contributed by atoms with Crippen molar-refractivity contribution in [2.45, 2.75) is 20.4 Å². The van der Waals surface area contributed by atoms with E-state index in [0.717, 1.165) is 21.5 Å². The highest BCUT2D eigenvalue weighted by atomic mass is 79.9. The molecule has 0 amide bonds. The Morgan fingerprint density at radius 3 is 2.43 bits per heavy atom. The molecular weight excluding hydrogens is 372 g/mol. The fraction of sp³-hybridized carbons (Fsp3) is 0.278. The highest BCUT2D eigenvalue weighted by molar-refractivity contribution is 9.10. The quantitative estimate of drug-likeness (QED) is 0.747. The minimum absolute atomic E-state index is 0.666. The molecule has 122 valence electrons. The number of methoxy groups -OCH3 is 1. The maximum atomic E-state index is 5.52. The maximum absolute atomic E-state index is 5.52. The number of hydrogen-bond acceptors (Lipinski definition) is 2. The Balaban J connectivity index is 2.09. The number of thiocarbonyl (C=S) groups is 1. The second-order valence-electron chi connectivity index (χ2n) is 5.62. The molecule has 3 nitrogen and oxygen atoms in total. The van der Waals surface area contributed by atoms with Crippen molar-refractivity contribution in [2.24, 2.45) is 0 Å². The minimum Gasteiger partial charge on any atom is -0.496 e. The molecule has 0 aliphatic heterocycles. The molecule has 2 rings (SSSR count). The van der Waals surface area contributed by atoms with Gasteiger partial charge < -0.3 is 15.0 Å². The lowest BCUT2D eigenvalue weighted by atomic mass is 10.1. The van der Waals surface area contributed by atoms with Crippen molar-refractivity contribution in [1.82, 2.24) is 4.90 Å². The molecule has 1 N–H and O–H groups in total. The van der Waals surface area contributed by atoms with Gasteiger partial charge in [-0.1, -0.05) is 22.0 Å². The molecule has 0 radical (unpaired) electrons. The first-order valence-corrected chi connectivity index (χ1v) is 8.52. The summed E-state index contributed by atoms with van der Waals surface area (Å²) in [6, 6.07) is 12.3. The first kappa shape index (κ1) is 17.8. The number of halogens is 1. The molecule has 0 aliphatic rings. The van der Waals surface area contributed by atoms with Crippen molar-refractivity contribution in [3.63, 3.8) is 0 Å². The highest BCUT2D eigenvalue weighted by Crippen LogP contribution is 2.24. The van der Waals surface area contributed by atoms with Crippen molar-refractivity contribution in [3.05, 3.63) is 57.6 Å². The van der Waals surface area contributed by atoms with Crippen LogP contribution < -0.4 is 10.1 Å². The largest absolute Gasteiger partial charge is 0.496 e. The number of anilines is 1. The van der Waals surface area contributed by atoms with E-state index in [0.29, 0.717) is 11.7 Å². The van der Waals surface area contributed by atoms with E-state index in [4.69, 9.17) is 17.0 Å². The van der Waals surface area contributed by atoms with Crippen molar-refractivity contribution in [3.8, 4) is 5.75 Å². The van der Waals surface area contributed by atoms with Crippen LogP contribution in [0.3, 0.4) is 0 Å². The van der Waals surface area contributed by atoms with Gasteiger partial charge in [0, 0.05) is 29.3 Å². The molecule has 0 saturated heterocycles. The van der Waals surface area contributed by atoms with Gasteiger partial charge in [0.1, 0.15) is 5.75 Å². The summed E-state index contributed by atoms with van der Waals surface area (Å²) < 4.78 is 6.44. The van der Waals surface area contributed by atoms with Crippen LogP contribution in [0, 0.1) is 13.8 Å². The minimum atomic E-state index is 0.666. The number of rotatable bonds is 4. The Bertz CT molecular complexity index is 698. The van der Waals surface area contributed by atoms with Gasteiger partial charge in [-0.05, 0) is 67.5 Å². The van der Waals surface area contributed by atoms with Gasteiger partial charge >= 0.3 is 0 Å².